The summed E-state index contributed by atoms with van der Waals surface area (Å²) in [5.74, 6) is 0. The quantitative estimate of drug-likeness (QED) is 0.497. The van der Waals surface area contributed by atoms with Crippen molar-refractivity contribution < 1.29 is 28.2 Å². The van der Waals surface area contributed by atoms with E-state index < -0.39 is 25.1 Å². The summed E-state index contributed by atoms with van der Waals surface area (Å²) >= 11 is 4.07. The van der Waals surface area contributed by atoms with E-state index in [-0.39, 0.29) is 0 Å². The summed E-state index contributed by atoms with van der Waals surface area (Å²) in [5.41, 5.74) is 0. The Hall–Kier alpha value is -0.730. The van der Waals surface area contributed by atoms with Crippen molar-refractivity contribution in [2.45, 2.75) is 11.9 Å². The summed E-state index contributed by atoms with van der Waals surface area (Å²) in [5, 5.41) is 14.9. The van der Waals surface area contributed by atoms with Gasteiger partial charge in [-0.25, -0.2) is 13.2 Å². The molecule has 0 saturated heterocycles. The first kappa shape index (κ1) is 12.3. The molecule has 0 fully saturated rings. The first-order valence-electron chi connectivity index (χ1n) is 2.96. The lowest BCUT2D eigenvalue weighted by Gasteiger charge is -2.18. The molecule has 1 unspecified atom stereocenters. The summed E-state index contributed by atoms with van der Waals surface area (Å²) in [6.45, 7) is 0.682. The molecule has 0 spiro atoms. The molecule has 8 heteroatoms. The Morgan fingerprint density at radius 1 is 1.54 bits per heavy atom. The van der Waals surface area contributed by atoms with Gasteiger partial charge in [0.2, 0.25) is 9.98 Å². The van der Waals surface area contributed by atoms with Gasteiger partial charge in [0.05, 0.1) is 7.11 Å². The molecule has 0 saturated carbocycles. The van der Waals surface area contributed by atoms with Crippen LogP contribution in [0, 0.1) is 0 Å². The van der Waals surface area contributed by atoms with Crippen LogP contribution in [-0.2, 0) is 14.6 Å². The molecule has 0 aliphatic rings. The van der Waals surface area contributed by atoms with Crippen LogP contribution in [0.4, 0.5) is 4.79 Å². The smallest absolute Gasteiger partial charge is 0.428 e. The van der Waals surface area contributed by atoms with E-state index in [4.69, 9.17) is 10.2 Å². The van der Waals surface area contributed by atoms with Crippen LogP contribution in [0.5, 0.6) is 0 Å². The lowest BCUT2D eigenvalue weighted by Crippen LogP contribution is -2.45. The number of carbonyl (C=O) groups excluding carboxylic acids is 1. The van der Waals surface area contributed by atoms with Crippen LogP contribution < -0.4 is 0 Å². The van der Waals surface area contributed by atoms with Crippen LogP contribution in [0.1, 0.15) is 6.92 Å². The average Bonchev–Trinajstić information content (AvgIpc) is 2.02. The largest absolute Gasteiger partial charge is 0.499 e. The minimum atomic E-state index is -4.68. The number of aliphatic hydroxyl groups excluding tert-OH is 1. The van der Waals surface area contributed by atoms with E-state index >= 15 is 0 Å². The number of aliphatic hydroxyl groups is 2. The van der Waals surface area contributed by atoms with Gasteiger partial charge >= 0.3 is 5.30 Å². The van der Waals surface area contributed by atoms with Crippen molar-refractivity contribution in [3.8, 4) is 0 Å². The first-order chi connectivity index (χ1) is 5.67. The van der Waals surface area contributed by atoms with Gasteiger partial charge in [-0.1, -0.05) is 0 Å². The van der Waals surface area contributed by atoms with E-state index in [1.807, 2.05) is 0 Å². The van der Waals surface area contributed by atoms with Crippen LogP contribution in [0.25, 0.3) is 0 Å². The molecule has 0 amide bonds. The van der Waals surface area contributed by atoms with Gasteiger partial charge < -0.3 is 14.9 Å². The van der Waals surface area contributed by atoms with Gasteiger partial charge in [0.25, 0.3) is 9.84 Å². The van der Waals surface area contributed by atoms with Gasteiger partial charge in [0, 0.05) is 0 Å². The molecule has 0 aromatic rings. The van der Waals surface area contributed by atoms with Gasteiger partial charge in [-0.2, -0.15) is 0 Å². The van der Waals surface area contributed by atoms with E-state index in [1.165, 1.54) is 0 Å². The van der Waals surface area contributed by atoms with Gasteiger partial charge in [-0.3, -0.25) is 0 Å². The van der Waals surface area contributed by atoms with Gasteiger partial charge in [0.1, 0.15) is 0 Å². The topological polar surface area (TPSA) is 101 Å². The number of sulfone groups is 1. The normalized spacial score (nSPS) is 15.9. The van der Waals surface area contributed by atoms with Crippen LogP contribution in [0.15, 0.2) is 0 Å². The molecule has 76 valence electrons. The molecule has 6 nitrogen and oxygen atoms in total. The number of thiocarbonyl (C=S) groups is 1. The van der Waals surface area contributed by atoms with Crippen LogP contribution in [0.3, 0.4) is 0 Å². The third-order valence-electron chi connectivity index (χ3n) is 1.31. The zero-order chi connectivity index (χ0) is 10.9. The molecule has 1 atom stereocenters. The van der Waals surface area contributed by atoms with E-state index in [2.05, 4.69) is 17.0 Å². The maximum atomic E-state index is 11.1. The monoisotopic (exact) mass is 228 g/mol. The van der Waals surface area contributed by atoms with E-state index in [0.717, 1.165) is 7.11 Å². The highest BCUT2D eigenvalue weighted by Crippen LogP contribution is 2.17. The third-order valence-corrected chi connectivity index (χ3v) is 3.68. The summed E-state index contributed by atoms with van der Waals surface area (Å²) < 4.78 is 26.0. The molecule has 0 radical (unpaired) electrons. The van der Waals surface area contributed by atoms with Crippen molar-refractivity contribution >= 4 is 32.4 Å². The number of hydrogen-bond donors (Lipinski definition) is 2. The number of carbonyl (C=O) groups is 1. The number of rotatable bonds is 2. The van der Waals surface area contributed by atoms with Crippen molar-refractivity contribution in [2.75, 3.05) is 7.11 Å². The molecular weight excluding hydrogens is 220 g/mol. The summed E-state index contributed by atoms with van der Waals surface area (Å²) in [6, 6.07) is 0. The zero-order valence-corrected chi connectivity index (χ0v) is 8.48. The Balaban J connectivity index is 5.30. The fraction of sp³-hybridized carbons (Fsp3) is 0.600. The fourth-order valence-electron chi connectivity index (χ4n) is 0.387. The highest BCUT2D eigenvalue weighted by atomic mass is 32.2. The molecule has 0 aliphatic heterocycles. The molecule has 0 bridgehead atoms. The van der Waals surface area contributed by atoms with Crippen molar-refractivity contribution in [1.82, 2.24) is 0 Å². The molecule has 0 heterocycles. The molecule has 0 aliphatic carbocycles. The lowest BCUT2D eigenvalue weighted by atomic mass is 10.4. The molecule has 0 aromatic carbocycles. The second-order valence-corrected chi connectivity index (χ2v) is 4.77. The Morgan fingerprint density at radius 3 is 2.15 bits per heavy atom. The Morgan fingerprint density at radius 2 is 1.92 bits per heavy atom. The summed E-state index contributed by atoms with van der Waals surface area (Å²) in [7, 11) is -3.85. The van der Waals surface area contributed by atoms with Crippen molar-refractivity contribution in [1.29, 1.82) is 0 Å². The van der Waals surface area contributed by atoms with E-state index in [0.29, 0.717) is 6.92 Å². The van der Waals surface area contributed by atoms with Crippen LogP contribution >= 0.6 is 12.2 Å². The SMILES string of the molecule is COC(=O)S(=O)(=O)C(C)(O)C(O)=S. The second-order valence-electron chi connectivity index (χ2n) is 2.25. The minimum Gasteiger partial charge on any atom is -0.499 e. The fourth-order valence-corrected chi connectivity index (χ4v) is 1.49. The average molecular weight is 228 g/mol. The summed E-state index contributed by atoms with van der Waals surface area (Å²) in [4.78, 5) is 7.85. The number of methoxy groups -OCH3 is 1. The van der Waals surface area contributed by atoms with Crippen molar-refractivity contribution in [3.05, 3.63) is 0 Å². The van der Waals surface area contributed by atoms with Gasteiger partial charge in [0.15, 0.2) is 0 Å². The summed E-state index contributed by atoms with van der Waals surface area (Å²) in [6.07, 6.45) is 0. The molecule has 0 rings (SSSR count). The standard InChI is InChI=1S/C5H8O6S2/c1-5(8,3(6)12)13(9,10)4(7)11-2/h8H,1-2H3,(H,6,12). The van der Waals surface area contributed by atoms with Crippen LogP contribution in [-0.4, -0.2) is 41.0 Å². The molecular formula is C5H8O6S2. The Kier molecular flexibility index (Phi) is 3.36. The highest BCUT2D eigenvalue weighted by Gasteiger charge is 2.47. The predicted octanol–water partition coefficient (Wildman–Crippen LogP) is -0.238. The molecule has 0 aromatic heterocycles. The van der Waals surface area contributed by atoms with E-state index in [1.54, 1.807) is 0 Å². The van der Waals surface area contributed by atoms with Crippen molar-refractivity contribution in [2.24, 2.45) is 0 Å². The lowest BCUT2D eigenvalue weighted by molar-refractivity contribution is 0.177. The Bertz CT molecular complexity index is 327. The minimum absolute atomic E-state index is 0.682. The number of hydrogen-bond acceptors (Lipinski definition) is 6. The first-order valence-corrected chi connectivity index (χ1v) is 4.85. The van der Waals surface area contributed by atoms with E-state index in [9.17, 15) is 13.2 Å². The molecule has 13 heavy (non-hydrogen) atoms. The predicted molar refractivity (Wildman–Crippen MR) is 47.2 cm³/mol. The number of ether oxygens (including phenoxy) is 1. The molecule has 2 N–H and O–H groups in total. The second kappa shape index (κ2) is 3.56. The highest BCUT2D eigenvalue weighted by molar-refractivity contribution is 8.08. The third kappa shape index (κ3) is 1.95. The van der Waals surface area contributed by atoms with Crippen LogP contribution in [0.2, 0.25) is 0 Å². The Labute approximate surface area is 80.0 Å². The van der Waals surface area contributed by atoms with Crippen molar-refractivity contribution in [3.63, 3.8) is 0 Å². The zero-order valence-electron chi connectivity index (χ0n) is 6.84. The maximum Gasteiger partial charge on any atom is 0.428 e. The van der Waals surface area contributed by atoms with Gasteiger partial charge in [-0.05, 0) is 19.1 Å². The van der Waals surface area contributed by atoms with Gasteiger partial charge in [-0.15, -0.1) is 0 Å². The maximum absolute atomic E-state index is 11.1.